The zero-order valence-corrected chi connectivity index (χ0v) is 12.7. The van der Waals surface area contributed by atoms with Crippen molar-refractivity contribution >= 4 is 11.6 Å². The lowest BCUT2D eigenvalue weighted by molar-refractivity contribution is 0.322. The van der Waals surface area contributed by atoms with E-state index in [0.29, 0.717) is 12.5 Å². The highest BCUT2D eigenvalue weighted by Crippen LogP contribution is 2.26. The zero-order chi connectivity index (χ0) is 14.1. The number of hydrogen-bond acceptors (Lipinski definition) is 2. The van der Waals surface area contributed by atoms with Crippen LogP contribution in [0, 0.1) is 17.8 Å². The van der Waals surface area contributed by atoms with Crippen LogP contribution in [-0.4, -0.2) is 13.2 Å². The van der Waals surface area contributed by atoms with E-state index in [1.165, 1.54) is 0 Å². The Bertz CT molecular complexity index is 446. The first kappa shape index (κ1) is 15.9. The van der Waals surface area contributed by atoms with Gasteiger partial charge in [0.1, 0.15) is 5.75 Å². The molecule has 0 aliphatic rings. The summed E-state index contributed by atoms with van der Waals surface area (Å²) < 4.78 is 5.75. The molecule has 1 aromatic carbocycles. The first-order chi connectivity index (χ1) is 9.15. The third kappa shape index (κ3) is 6.00. The molecule has 0 saturated carbocycles. The molecule has 1 aromatic rings. The smallest absolute Gasteiger partial charge is 0.125 e. The topological polar surface area (TPSA) is 21.3 Å². The van der Waals surface area contributed by atoms with Crippen LogP contribution in [0.3, 0.4) is 0 Å². The fraction of sp³-hybridized carbons (Fsp3) is 0.500. The van der Waals surface area contributed by atoms with Gasteiger partial charge in [-0.1, -0.05) is 31.5 Å². The molecule has 0 unspecified atom stereocenters. The van der Waals surface area contributed by atoms with Crippen LogP contribution in [0.4, 0.5) is 0 Å². The lowest BCUT2D eigenvalue weighted by Crippen LogP contribution is -2.19. The molecule has 0 aromatic heterocycles. The van der Waals surface area contributed by atoms with E-state index in [9.17, 15) is 0 Å². The van der Waals surface area contributed by atoms with Crippen LogP contribution in [0.25, 0.3) is 0 Å². The number of nitrogens with one attached hydrogen (secondary N) is 1. The van der Waals surface area contributed by atoms with Crippen molar-refractivity contribution in [2.75, 3.05) is 13.2 Å². The van der Waals surface area contributed by atoms with Crippen LogP contribution < -0.4 is 10.1 Å². The maximum absolute atomic E-state index is 6.24. The molecular weight excluding hydrogens is 258 g/mol. The third-order valence-corrected chi connectivity index (χ3v) is 2.95. The number of hydrogen-bond donors (Lipinski definition) is 1. The van der Waals surface area contributed by atoms with Crippen LogP contribution in [0.1, 0.15) is 32.8 Å². The van der Waals surface area contributed by atoms with E-state index in [1.54, 1.807) is 0 Å². The monoisotopic (exact) mass is 279 g/mol. The van der Waals surface area contributed by atoms with Gasteiger partial charge in [0.15, 0.2) is 0 Å². The SMILES string of the molecule is CC#CCCOc1cccc(Cl)c1CNCC(C)C. The number of benzene rings is 1. The summed E-state index contributed by atoms with van der Waals surface area (Å²) in [4.78, 5) is 0. The number of rotatable bonds is 7. The van der Waals surface area contributed by atoms with Crippen LogP contribution in [0.2, 0.25) is 5.02 Å². The molecule has 1 rings (SSSR count). The van der Waals surface area contributed by atoms with Crippen molar-refractivity contribution in [3.63, 3.8) is 0 Å². The second kappa shape index (κ2) is 8.85. The van der Waals surface area contributed by atoms with Gasteiger partial charge >= 0.3 is 0 Å². The van der Waals surface area contributed by atoms with Crippen LogP contribution in [0.15, 0.2) is 18.2 Å². The van der Waals surface area contributed by atoms with E-state index in [0.717, 1.165) is 35.8 Å². The summed E-state index contributed by atoms with van der Waals surface area (Å²) >= 11 is 6.24. The van der Waals surface area contributed by atoms with Gasteiger partial charge in [0, 0.05) is 23.6 Å². The Morgan fingerprint density at radius 2 is 2.16 bits per heavy atom. The van der Waals surface area contributed by atoms with Crippen molar-refractivity contribution < 1.29 is 4.74 Å². The minimum Gasteiger partial charge on any atom is -0.492 e. The van der Waals surface area contributed by atoms with Gasteiger partial charge in [-0.2, -0.15) is 0 Å². The van der Waals surface area contributed by atoms with E-state index >= 15 is 0 Å². The molecule has 0 amide bonds. The summed E-state index contributed by atoms with van der Waals surface area (Å²) in [7, 11) is 0. The quantitative estimate of drug-likeness (QED) is 0.604. The van der Waals surface area contributed by atoms with E-state index in [1.807, 2.05) is 25.1 Å². The molecule has 0 aliphatic carbocycles. The largest absolute Gasteiger partial charge is 0.492 e. The van der Waals surface area contributed by atoms with Gasteiger partial charge < -0.3 is 10.1 Å². The van der Waals surface area contributed by atoms with Gasteiger partial charge in [0.2, 0.25) is 0 Å². The Kier molecular flexibility index (Phi) is 7.40. The molecule has 0 aliphatic heterocycles. The summed E-state index contributed by atoms with van der Waals surface area (Å²) in [5.74, 6) is 7.31. The average Bonchev–Trinajstić information content (AvgIpc) is 2.37. The van der Waals surface area contributed by atoms with Crippen molar-refractivity contribution in [2.24, 2.45) is 5.92 Å². The van der Waals surface area contributed by atoms with Crippen molar-refractivity contribution in [1.29, 1.82) is 0 Å². The normalized spacial score (nSPS) is 10.2. The van der Waals surface area contributed by atoms with Crippen LogP contribution in [0.5, 0.6) is 5.75 Å². The van der Waals surface area contributed by atoms with E-state index < -0.39 is 0 Å². The summed E-state index contributed by atoms with van der Waals surface area (Å²) in [6, 6.07) is 5.76. The van der Waals surface area contributed by atoms with Crippen molar-refractivity contribution in [2.45, 2.75) is 33.7 Å². The number of ether oxygens (including phenoxy) is 1. The van der Waals surface area contributed by atoms with Crippen LogP contribution in [-0.2, 0) is 6.54 Å². The molecule has 19 heavy (non-hydrogen) atoms. The summed E-state index contributed by atoms with van der Waals surface area (Å²) in [6.45, 7) is 8.48. The molecule has 0 radical (unpaired) electrons. The highest BCUT2D eigenvalue weighted by Gasteiger charge is 2.08. The molecule has 0 spiro atoms. The number of halogens is 1. The van der Waals surface area contributed by atoms with Gasteiger partial charge in [-0.3, -0.25) is 0 Å². The maximum atomic E-state index is 6.24. The molecule has 3 heteroatoms. The van der Waals surface area contributed by atoms with E-state index in [-0.39, 0.29) is 0 Å². The van der Waals surface area contributed by atoms with E-state index in [4.69, 9.17) is 16.3 Å². The minimum atomic E-state index is 0.596. The molecule has 0 heterocycles. The molecular formula is C16H22ClNO. The van der Waals surface area contributed by atoms with Gasteiger partial charge in [-0.25, -0.2) is 0 Å². The standard InChI is InChI=1S/C16H22ClNO/c1-4-5-6-10-19-16-9-7-8-15(17)14(16)12-18-11-13(2)3/h7-9,13,18H,6,10-12H2,1-3H3. The second-order valence-corrected chi connectivity index (χ2v) is 5.17. The lowest BCUT2D eigenvalue weighted by atomic mass is 10.1. The van der Waals surface area contributed by atoms with E-state index in [2.05, 4.69) is 31.0 Å². The Balaban J connectivity index is 2.62. The summed E-state index contributed by atoms with van der Waals surface area (Å²) in [5.41, 5.74) is 1.02. The molecule has 2 nitrogen and oxygen atoms in total. The Hall–Kier alpha value is -1.17. The average molecular weight is 280 g/mol. The predicted molar refractivity (Wildman–Crippen MR) is 81.6 cm³/mol. The molecule has 104 valence electrons. The van der Waals surface area contributed by atoms with Gasteiger partial charge in [0.25, 0.3) is 0 Å². The van der Waals surface area contributed by atoms with Crippen LogP contribution >= 0.6 is 11.6 Å². The summed E-state index contributed by atoms with van der Waals surface area (Å²) in [6.07, 6.45) is 0.738. The Morgan fingerprint density at radius 3 is 2.84 bits per heavy atom. The summed E-state index contributed by atoms with van der Waals surface area (Å²) in [5, 5.41) is 4.14. The minimum absolute atomic E-state index is 0.596. The molecule has 0 fully saturated rings. The Morgan fingerprint density at radius 1 is 1.37 bits per heavy atom. The first-order valence-corrected chi connectivity index (χ1v) is 7.03. The highest BCUT2D eigenvalue weighted by atomic mass is 35.5. The van der Waals surface area contributed by atoms with Crippen molar-refractivity contribution in [3.8, 4) is 17.6 Å². The molecule has 1 N–H and O–H groups in total. The van der Waals surface area contributed by atoms with Crippen molar-refractivity contribution in [1.82, 2.24) is 5.32 Å². The maximum Gasteiger partial charge on any atom is 0.125 e. The molecule has 0 saturated heterocycles. The highest BCUT2D eigenvalue weighted by molar-refractivity contribution is 6.31. The molecule has 0 bridgehead atoms. The first-order valence-electron chi connectivity index (χ1n) is 6.65. The van der Waals surface area contributed by atoms with Gasteiger partial charge in [0.05, 0.1) is 6.61 Å². The lowest BCUT2D eigenvalue weighted by Gasteiger charge is -2.14. The van der Waals surface area contributed by atoms with Crippen molar-refractivity contribution in [3.05, 3.63) is 28.8 Å². The third-order valence-electron chi connectivity index (χ3n) is 2.59. The molecule has 0 atom stereocenters. The van der Waals surface area contributed by atoms with Gasteiger partial charge in [-0.05, 0) is 31.5 Å². The van der Waals surface area contributed by atoms with Gasteiger partial charge in [-0.15, -0.1) is 11.8 Å². The Labute approximate surface area is 121 Å². The fourth-order valence-electron chi connectivity index (χ4n) is 1.67. The second-order valence-electron chi connectivity index (χ2n) is 4.77. The predicted octanol–water partition coefficient (Wildman–Crippen LogP) is 3.88. The zero-order valence-electron chi connectivity index (χ0n) is 11.9. The fourth-order valence-corrected chi connectivity index (χ4v) is 1.90.